The normalized spacial score (nSPS) is 16.1. The molecule has 1 aliphatic heterocycles. The van der Waals surface area contributed by atoms with E-state index in [1.165, 1.54) is 9.80 Å². The van der Waals surface area contributed by atoms with Crippen LogP contribution in [0.1, 0.15) is 54.2 Å². The van der Waals surface area contributed by atoms with Gasteiger partial charge < -0.3 is 20.9 Å². The van der Waals surface area contributed by atoms with E-state index in [0.717, 1.165) is 16.7 Å². The first-order valence-corrected chi connectivity index (χ1v) is 11.3. The summed E-state index contributed by atoms with van der Waals surface area (Å²) < 4.78 is 0. The third kappa shape index (κ3) is 6.20. The van der Waals surface area contributed by atoms with E-state index in [0.29, 0.717) is 31.6 Å². The molecule has 2 aromatic rings. The van der Waals surface area contributed by atoms with E-state index in [-0.39, 0.29) is 29.7 Å². The Kier molecular flexibility index (Phi) is 7.53. The molecule has 33 heavy (non-hydrogen) atoms. The molecular weight excluding hydrogens is 416 g/mol. The van der Waals surface area contributed by atoms with Crippen LogP contribution < -0.4 is 11.1 Å². The summed E-state index contributed by atoms with van der Waals surface area (Å²) in [5.74, 6) is -0.758. The number of carbonyl (C=O) groups excluding carboxylic acids is 3. The summed E-state index contributed by atoms with van der Waals surface area (Å²) >= 11 is 0. The SMILES string of the molecule is Cc1ccc(C(=O)N2CCN(C(=O)CC(C)(C)C)C2C(=O)NCc2cccc(CN)c2)cc1. The molecule has 1 aliphatic rings. The summed E-state index contributed by atoms with van der Waals surface area (Å²) in [6, 6.07) is 14.9. The molecule has 0 radical (unpaired) electrons. The molecule has 3 rings (SSSR count). The maximum absolute atomic E-state index is 13.3. The number of aryl methyl sites for hydroxylation is 1. The van der Waals surface area contributed by atoms with Crippen molar-refractivity contribution in [2.75, 3.05) is 13.1 Å². The van der Waals surface area contributed by atoms with Gasteiger partial charge in [0.05, 0.1) is 0 Å². The van der Waals surface area contributed by atoms with Crippen LogP contribution in [0.25, 0.3) is 0 Å². The lowest BCUT2D eigenvalue weighted by atomic mass is 9.91. The summed E-state index contributed by atoms with van der Waals surface area (Å²) in [4.78, 5) is 42.7. The van der Waals surface area contributed by atoms with Crippen LogP contribution >= 0.6 is 0 Å². The highest BCUT2D eigenvalue weighted by Gasteiger charge is 2.43. The van der Waals surface area contributed by atoms with Crippen molar-refractivity contribution in [1.82, 2.24) is 15.1 Å². The number of carbonyl (C=O) groups is 3. The van der Waals surface area contributed by atoms with Crippen molar-refractivity contribution in [3.63, 3.8) is 0 Å². The van der Waals surface area contributed by atoms with Crippen LogP contribution in [0.3, 0.4) is 0 Å². The van der Waals surface area contributed by atoms with Gasteiger partial charge in [-0.2, -0.15) is 0 Å². The van der Waals surface area contributed by atoms with Gasteiger partial charge in [-0.1, -0.05) is 62.7 Å². The maximum Gasteiger partial charge on any atom is 0.264 e. The molecule has 7 heteroatoms. The smallest absolute Gasteiger partial charge is 0.264 e. The van der Waals surface area contributed by atoms with E-state index in [9.17, 15) is 14.4 Å². The lowest BCUT2D eigenvalue weighted by molar-refractivity contribution is -0.142. The minimum absolute atomic E-state index is 0.132. The second-order valence-electron chi connectivity index (χ2n) is 9.80. The molecule has 1 fully saturated rings. The van der Waals surface area contributed by atoms with Crippen LogP contribution in [0.4, 0.5) is 0 Å². The van der Waals surface area contributed by atoms with E-state index in [4.69, 9.17) is 5.73 Å². The fourth-order valence-corrected chi connectivity index (χ4v) is 3.95. The molecule has 1 saturated heterocycles. The lowest BCUT2D eigenvalue weighted by Gasteiger charge is -2.31. The topological polar surface area (TPSA) is 95.7 Å². The van der Waals surface area contributed by atoms with Gasteiger partial charge in [-0.3, -0.25) is 14.4 Å². The molecule has 0 spiro atoms. The molecule has 1 unspecified atom stereocenters. The largest absolute Gasteiger partial charge is 0.349 e. The molecule has 7 nitrogen and oxygen atoms in total. The van der Waals surface area contributed by atoms with Crippen LogP contribution in [-0.4, -0.2) is 46.8 Å². The average Bonchev–Trinajstić information content (AvgIpc) is 3.22. The maximum atomic E-state index is 13.3. The first kappa shape index (κ1) is 24.5. The predicted molar refractivity (Wildman–Crippen MR) is 128 cm³/mol. The fraction of sp³-hybridized carbons (Fsp3) is 0.423. The zero-order valence-corrected chi connectivity index (χ0v) is 19.9. The third-order valence-electron chi connectivity index (χ3n) is 5.66. The highest BCUT2D eigenvalue weighted by molar-refractivity contribution is 5.99. The van der Waals surface area contributed by atoms with Gasteiger partial charge in [0.15, 0.2) is 6.17 Å². The molecular formula is C26H34N4O3. The Bertz CT molecular complexity index is 1010. The highest BCUT2D eigenvalue weighted by atomic mass is 16.2. The van der Waals surface area contributed by atoms with Gasteiger partial charge in [-0.15, -0.1) is 0 Å². The van der Waals surface area contributed by atoms with E-state index >= 15 is 0 Å². The summed E-state index contributed by atoms with van der Waals surface area (Å²) in [5.41, 5.74) is 8.92. The van der Waals surface area contributed by atoms with Crippen molar-refractivity contribution >= 4 is 17.7 Å². The quantitative estimate of drug-likeness (QED) is 0.707. The lowest BCUT2D eigenvalue weighted by Crippen LogP contribution is -2.54. The van der Waals surface area contributed by atoms with Gasteiger partial charge in [0.25, 0.3) is 11.8 Å². The van der Waals surface area contributed by atoms with Gasteiger partial charge >= 0.3 is 0 Å². The molecule has 0 aromatic heterocycles. The van der Waals surface area contributed by atoms with Crippen molar-refractivity contribution < 1.29 is 14.4 Å². The first-order valence-electron chi connectivity index (χ1n) is 11.3. The number of amides is 3. The molecule has 1 atom stereocenters. The summed E-state index contributed by atoms with van der Waals surface area (Å²) in [5, 5.41) is 2.92. The van der Waals surface area contributed by atoms with Crippen LogP contribution in [0, 0.1) is 12.3 Å². The zero-order valence-electron chi connectivity index (χ0n) is 19.9. The molecule has 0 bridgehead atoms. The van der Waals surface area contributed by atoms with Crippen LogP contribution in [-0.2, 0) is 22.7 Å². The minimum atomic E-state index is -0.980. The number of hydrogen-bond donors (Lipinski definition) is 2. The van der Waals surface area contributed by atoms with E-state index in [1.54, 1.807) is 12.1 Å². The Balaban J connectivity index is 1.83. The van der Waals surface area contributed by atoms with Gasteiger partial charge in [0.2, 0.25) is 5.91 Å². The fourth-order valence-electron chi connectivity index (χ4n) is 3.95. The number of nitrogens with zero attached hydrogens (tertiary/aromatic N) is 2. The van der Waals surface area contributed by atoms with E-state index in [2.05, 4.69) is 5.32 Å². The Morgan fingerprint density at radius 2 is 1.64 bits per heavy atom. The highest BCUT2D eigenvalue weighted by Crippen LogP contribution is 2.25. The Morgan fingerprint density at radius 1 is 1.00 bits per heavy atom. The Labute approximate surface area is 195 Å². The number of rotatable bonds is 6. The summed E-state index contributed by atoms with van der Waals surface area (Å²) in [7, 11) is 0. The molecule has 176 valence electrons. The van der Waals surface area contributed by atoms with Gasteiger partial charge in [0.1, 0.15) is 0 Å². The first-order chi connectivity index (χ1) is 15.6. The molecule has 0 saturated carbocycles. The van der Waals surface area contributed by atoms with Crippen molar-refractivity contribution in [3.8, 4) is 0 Å². The number of nitrogens with two attached hydrogens (primary N) is 1. The van der Waals surface area contributed by atoms with Crippen LogP contribution in [0.2, 0.25) is 0 Å². The van der Waals surface area contributed by atoms with Crippen LogP contribution in [0.15, 0.2) is 48.5 Å². The van der Waals surface area contributed by atoms with Crippen molar-refractivity contribution in [2.24, 2.45) is 11.1 Å². The second kappa shape index (κ2) is 10.2. The van der Waals surface area contributed by atoms with Gasteiger partial charge in [-0.05, 0) is 35.6 Å². The predicted octanol–water partition coefficient (Wildman–Crippen LogP) is 2.82. The number of hydrogen-bond acceptors (Lipinski definition) is 4. The number of nitrogens with one attached hydrogen (secondary N) is 1. The molecule has 3 N–H and O–H groups in total. The third-order valence-corrected chi connectivity index (χ3v) is 5.66. The van der Waals surface area contributed by atoms with E-state index in [1.807, 2.05) is 64.1 Å². The van der Waals surface area contributed by atoms with Crippen molar-refractivity contribution in [2.45, 2.75) is 53.4 Å². The average molecular weight is 451 g/mol. The molecule has 3 amide bonds. The van der Waals surface area contributed by atoms with Crippen LogP contribution in [0.5, 0.6) is 0 Å². The van der Waals surface area contributed by atoms with Crippen molar-refractivity contribution in [1.29, 1.82) is 0 Å². The molecule has 0 aliphatic carbocycles. The Hall–Kier alpha value is -3.19. The standard InChI is InChI=1S/C26H34N4O3/c1-18-8-10-21(11-9-18)25(33)30-13-12-29(22(31)15-26(2,3)4)24(30)23(32)28-17-20-7-5-6-19(14-20)16-27/h5-11,14,24H,12-13,15-17,27H2,1-4H3,(H,28,32). The molecule has 1 heterocycles. The minimum Gasteiger partial charge on any atom is -0.349 e. The van der Waals surface area contributed by atoms with E-state index < -0.39 is 6.17 Å². The Morgan fingerprint density at radius 3 is 2.27 bits per heavy atom. The molecule has 2 aromatic carbocycles. The number of benzene rings is 2. The van der Waals surface area contributed by atoms with Crippen molar-refractivity contribution in [3.05, 3.63) is 70.8 Å². The summed E-state index contributed by atoms with van der Waals surface area (Å²) in [6.45, 7) is 9.24. The second-order valence-corrected chi connectivity index (χ2v) is 9.80. The monoisotopic (exact) mass is 450 g/mol. The van der Waals surface area contributed by atoms with Gasteiger partial charge in [-0.25, -0.2) is 0 Å². The summed E-state index contributed by atoms with van der Waals surface area (Å²) in [6.07, 6.45) is -0.687. The zero-order chi connectivity index (χ0) is 24.2. The van der Waals surface area contributed by atoms with Gasteiger partial charge in [0, 0.05) is 38.2 Å².